The van der Waals surface area contributed by atoms with E-state index in [0.717, 1.165) is 55.0 Å². The fraction of sp³-hybridized carbons (Fsp3) is 0.400. The summed E-state index contributed by atoms with van der Waals surface area (Å²) in [5, 5.41) is 7.21. The van der Waals surface area contributed by atoms with Gasteiger partial charge in [0.05, 0.1) is 13.1 Å². The van der Waals surface area contributed by atoms with Crippen LogP contribution in [0.15, 0.2) is 47.0 Å². The molecule has 32 heavy (non-hydrogen) atoms. The maximum atomic E-state index is 12.5. The SMILES string of the molecule is CCc1ccc(-c2noc(CN3CCN(CC(=O)Nc4c(C)cccc4C)CC3)n2)cc1. The zero-order chi connectivity index (χ0) is 22.5. The van der Waals surface area contributed by atoms with Gasteiger partial charge in [-0.05, 0) is 37.0 Å². The monoisotopic (exact) mass is 433 g/mol. The molecular weight excluding hydrogens is 402 g/mol. The Balaban J connectivity index is 1.25. The van der Waals surface area contributed by atoms with Crippen molar-refractivity contribution in [3.8, 4) is 11.4 Å². The molecule has 1 amide bonds. The van der Waals surface area contributed by atoms with Crippen LogP contribution in [0.4, 0.5) is 5.69 Å². The molecule has 0 atom stereocenters. The Hall–Kier alpha value is -3.03. The van der Waals surface area contributed by atoms with E-state index in [2.05, 4.69) is 44.3 Å². The molecule has 1 N–H and O–H groups in total. The third-order valence-corrected chi connectivity index (χ3v) is 6.03. The van der Waals surface area contributed by atoms with Gasteiger partial charge in [-0.1, -0.05) is 54.5 Å². The molecule has 0 spiro atoms. The summed E-state index contributed by atoms with van der Waals surface area (Å²) in [6.07, 6.45) is 1.01. The minimum atomic E-state index is 0.0338. The molecule has 0 aliphatic carbocycles. The van der Waals surface area contributed by atoms with Gasteiger partial charge in [0, 0.05) is 37.4 Å². The van der Waals surface area contributed by atoms with Crippen molar-refractivity contribution in [3.63, 3.8) is 0 Å². The minimum absolute atomic E-state index is 0.0338. The average molecular weight is 434 g/mol. The predicted octanol–water partition coefficient (Wildman–Crippen LogP) is 3.67. The summed E-state index contributed by atoms with van der Waals surface area (Å²) in [5.41, 5.74) is 5.36. The van der Waals surface area contributed by atoms with Crippen LogP contribution in [0.2, 0.25) is 0 Å². The molecule has 1 aliphatic heterocycles. The standard InChI is InChI=1S/C25H31N5O2/c1-4-20-8-10-21(11-9-20)25-27-23(32-28-25)17-30-14-12-29(13-15-30)16-22(31)26-24-18(2)6-5-7-19(24)3/h5-11H,4,12-17H2,1-3H3,(H,26,31). The van der Waals surface area contributed by atoms with Crippen molar-refractivity contribution >= 4 is 11.6 Å². The van der Waals surface area contributed by atoms with Crippen LogP contribution in [0.25, 0.3) is 11.4 Å². The number of piperazine rings is 1. The lowest BCUT2D eigenvalue weighted by Gasteiger charge is -2.33. The minimum Gasteiger partial charge on any atom is -0.338 e. The fourth-order valence-corrected chi connectivity index (χ4v) is 4.02. The summed E-state index contributed by atoms with van der Waals surface area (Å²) in [7, 11) is 0. The Kier molecular flexibility index (Phi) is 6.97. The van der Waals surface area contributed by atoms with Crippen LogP contribution in [0.3, 0.4) is 0 Å². The summed E-state index contributed by atoms with van der Waals surface area (Å²) >= 11 is 0. The van der Waals surface area contributed by atoms with E-state index < -0.39 is 0 Å². The van der Waals surface area contributed by atoms with Gasteiger partial charge in [-0.15, -0.1) is 0 Å². The first kappa shape index (κ1) is 22.2. The molecule has 1 saturated heterocycles. The van der Waals surface area contributed by atoms with E-state index in [1.54, 1.807) is 0 Å². The van der Waals surface area contributed by atoms with Gasteiger partial charge in [-0.2, -0.15) is 4.98 Å². The number of hydrogen-bond donors (Lipinski definition) is 1. The van der Waals surface area contributed by atoms with Crippen molar-refractivity contribution in [2.75, 3.05) is 38.0 Å². The maximum absolute atomic E-state index is 12.5. The first-order chi connectivity index (χ1) is 15.5. The summed E-state index contributed by atoms with van der Waals surface area (Å²) in [6.45, 7) is 10.6. The number of aryl methyl sites for hydroxylation is 3. The number of para-hydroxylation sites is 1. The van der Waals surface area contributed by atoms with Crippen molar-refractivity contribution in [2.45, 2.75) is 33.7 Å². The molecule has 4 rings (SSSR count). The molecule has 0 unspecified atom stereocenters. The van der Waals surface area contributed by atoms with Crippen LogP contribution < -0.4 is 5.32 Å². The molecule has 2 heterocycles. The highest BCUT2D eigenvalue weighted by molar-refractivity contribution is 5.93. The molecule has 2 aromatic carbocycles. The molecule has 1 aliphatic rings. The van der Waals surface area contributed by atoms with Gasteiger partial charge >= 0.3 is 0 Å². The van der Waals surface area contributed by atoms with Crippen molar-refractivity contribution in [1.29, 1.82) is 0 Å². The molecular formula is C25H31N5O2. The number of rotatable bonds is 7. The van der Waals surface area contributed by atoms with Crippen LogP contribution in [0, 0.1) is 13.8 Å². The number of benzene rings is 2. The van der Waals surface area contributed by atoms with Crippen molar-refractivity contribution in [3.05, 3.63) is 65.0 Å². The van der Waals surface area contributed by atoms with E-state index in [4.69, 9.17) is 4.52 Å². The lowest BCUT2D eigenvalue weighted by atomic mass is 10.1. The van der Waals surface area contributed by atoms with E-state index in [-0.39, 0.29) is 5.91 Å². The van der Waals surface area contributed by atoms with E-state index in [1.807, 2.05) is 44.2 Å². The Morgan fingerprint density at radius 2 is 1.66 bits per heavy atom. The number of hydrogen-bond acceptors (Lipinski definition) is 6. The normalized spacial score (nSPS) is 15.1. The van der Waals surface area contributed by atoms with E-state index >= 15 is 0 Å². The number of nitrogens with one attached hydrogen (secondary N) is 1. The molecule has 0 radical (unpaired) electrons. The lowest BCUT2D eigenvalue weighted by Crippen LogP contribution is -2.48. The molecule has 7 nitrogen and oxygen atoms in total. The molecule has 1 fully saturated rings. The van der Waals surface area contributed by atoms with E-state index in [1.165, 1.54) is 5.56 Å². The van der Waals surface area contributed by atoms with Gasteiger partial charge < -0.3 is 9.84 Å². The zero-order valence-electron chi connectivity index (χ0n) is 19.1. The summed E-state index contributed by atoms with van der Waals surface area (Å²) < 4.78 is 5.48. The average Bonchev–Trinajstić information content (AvgIpc) is 3.26. The zero-order valence-corrected chi connectivity index (χ0v) is 19.1. The second kappa shape index (κ2) is 10.1. The molecule has 168 valence electrons. The molecule has 1 aromatic heterocycles. The van der Waals surface area contributed by atoms with Crippen LogP contribution in [0.5, 0.6) is 0 Å². The van der Waals surface area contributed by atoms with Gasteiger partial charge in [0.25, 0.3) is 0 Å². The second-order valence-corrected chi connectivity index (χ2v) is 8.43. The third-order valence-electron chi connectivity index (χ3n) is 6.03. The molecule has 0 bridgehead atoms. The Labute approximate surface area is 189 Å². The highest BCUT2D eigenvalue weighted by Crippen LogP contribution is 2.20. The number of nitrogens with zero attached hydrogens (tertiary/aromatic N) is 4. The van der Waals surface area contributed by atoms with Crippen molar-refractivity contribution in [2.24, 2.45) is 0 Å². The van der Waals surface area contributed by atoms with Crippen molar-refractivity contribution < 1.29 is 9.32 Å². The highest BCUT2D eigenvalue weighted by Gasteiger charge is 2.21. The second-order valence-electron chi connectivity index (χ2n) is 8.43. The lowest BCUT2D eigenvalue weighted by molar-refractivity contribution is -0.117. The number of anilines is 1. The molecule has 0 saturated carbocycles. The molecule has 3 aromatic rings. The van der Waals surface area contributed by atoms with Gasteiger partial charge in [0.15, 0.2) is 0 Å². The highest BCUT2D eigenvalue weighted by atomic mass is 16.5. The Morgan fingerprint density at radius 1 is 1.00 bits per heavy atom. The van der Waals surface area contributed by atoms with Crippen LogP contribution in [-0.4, -0.2) is 58.6 Å². The Bertz CT molecular complexity index is 1030. The van der Waals surface area contributed by atoms with E-state index in [0.29, 0.717) is 24.8 Å². The Morgan fingerprint density at radius 3 is 2.31 bits per heavy atom. The van der Waals surface area contributed by atoms with Crippen molar-refractivity contribution in [1.82, 2.24) is 19.9 Å². The van der Waals surface area contributed by atoms with E-state index in [9.17, 15) is 4.79 Å². The van der Waals surface area contributed by atoms with Gasteiger partial charge in [0.1, 0.15) is 0 Å². The maximum Gasteiger partial charge on any atom is 0.241 e. The third kappa shape index (κ3) is 5.41. The first-order valence-electron chi connectivity index (χ1n) is 11.2. The quantitative estimate of drug-likeness (QED) is 0.613. The largest absolute Gasteiger partial charge is 0.338 e. The fourth-order valence-electron chi connectivity index (χ4n) is 4.02. The smallest absolute Gasteiger partial charge is 0.241 e. The molecule has 7 heteroatoms. The van der Waals surface area contributed by atoms with Gasteiger partial charge in [-0.3, -0.25) is 14.6 Å². The summed E-state index contributed by atoms with van der Waals surface area (Å²) in [5.74, 6) is 1.29. The van der Waals surface area contributed by atoms with Gasteiger partial charge in [-0.25, -0.2) is 0 Å². The predicted molar refractivity (Wildman–Crippen MR) is 125 cm³/mol. The van der Waals surface area contributed by atoms with Crippen LogP contribution >= 0.6 is 0 Å². The van der Waals surface area contributed by atoms with Gasteiger partial charge in [0.2, 0.25) is 17.6 Å². The van der Waals surface area contributed by atoms with Crippen LogP contribution in [0.1, 0.15) is 29.5 Å². The first-order valence-corrected chi connectivity index (χ1v) is 11.2. The number of amides is 1. The number of carbonyl (C=O) groups excluding carboxylic acids is 1. The summed E-state index contributed by atoms with van der Waals surface area (Å²) in [4.78, 5) is 21.6. The number of carbonyl (C=O) groups is 1. The topological polar surface area (TPSA) is 74.5 Å². The number of aromatic nitrogens is 2. The summed E-state index contributed by atoms with van der Waals surface area (Å²) in [6, 6.07) is 14.3. The van der Waals surface area contributed by atoms with Crippen LogP contribution in [-0.2, 0) is 17.8 Å².